The summed E-state index contributed by atoms with van der Waals surface area (Å²) in [6.45, 7) is 5.04. The maximum Gasteiger partial charge on any atom is 0.105 e. The molecule has 0 aromatic rings. The van der Waals surface area contributed by atoms with Gasteiger partial charge in [-0.2, -0.15) is 17.0 Å². The van der Waals surface area contributed by atoms with E-state index < -0.39 is 0 Å². The Morgan fingerprint density at radius 1 is 1.60 bits per heavy atom. The molecule has 0 spiro atoms. The van der Waals surface area contributed by atoms with Crippen LogP contribution in [0.1, 0.15) is 26.7 Å². The molecule has 4 heteroatoms. The van der Waals surface area contributed by atoms with Crippen LogP contribution >= 0.6 is 11.8 Å². The second-order valence-corrected chi connectivity index (χ2v) is 5.25. The van der Waals surface area contributed by atoms with Crippen molar-refractivity contribution >= 4 is 11.8 Å². The van der Waals surface area contributed by atoms with Crippen molar-refractivity contribution in [2.75, 3.05) is 18.1 Å². The van der Waals surface area contributed by atoms with Crippen LogP contribution in [0.2, 0.25) is 0 Å². The molecule has 1 N–H and O–H groups in total. The van der Waals surface area contributed by atoms with Gasteiger partial charge < -0.3 is 4.74 Å². The average molecular weight is 228 g/mol. The predicted octanol–water partition coefficient (Wildman–Crippen LogP) is 1.79. The molecule has 2 unspecified atom stereocenters. The van der Waals surface area contributed by atoms with Crippen LogP contribution in [0.5, 0.6) is 0 Å². The lowest BCUT2D eigenvalue weighted by Gasteiger charge is -2.15. The standard InChI is InChI=1S/C11H20N2OS/c1-9(2)13-10(6-12)7-15-8-11-4-3-5-14-11/h9-11,13H,3-5,7-8H2,1-2H3. The molecule has 0 amide bonds. The molecule has 0 aliphatic carbocycles. The highest BCUT2D eigenvalue weighted by atomic mass is 32.2. The first-order valence-electron chi connectivity index (χ1n) is 5.57. The molecule has 0 aromatic carbocycles. The maximum absolute atomic E-state index is 8.91. The number of hydrogen-bond acceptors (Lipinski definition) is 4. The molecule has 1 saturated heterocycles. The first-order chi connectivity index (χ1) is 7.22. The van der Waals surface area contributed by atoms with Gasteiger partial charge in [0.05, 0.1) is 12.2 Å². The molecule has 3 nitrogen and oxygen atoms in total. The van der Waals surface area contributed by atoms with Gasteiger partial charge in [0.2, 0.25) is 0 Å². The van der Waals surface area contributed by atoms with E-state index in [0.717, 1.165) is 18.1 Å². The van der Waals surface area contributed by atoms with E-state index in [0.29, 0.717) is 12.1 Å². The lowest BCUT2D eigenvalue weighted by Crippen LogP contribution is -2.35. The zero-order chi connectivity index (χ0) is 11.1. The smallest absolute Gasteiger partial charge is 0.105 e. The van der Waals surface area contributed by atoms with Gasteiger partial charge in [-0.1, -0.05) is 0 Å². The van der Waals surface area contributed by atoms with Gasteiger partial charge in [-0.25, -0.2) is 0 Å². The van der Waals surface area contributed by atoms with Gasteiger partial charge >= 0.3 is 0 Å². The van der Waals surface area contributed by atoms with Crippen LogP contribution in [0.3, 0.4) is 0 Å². The Morgan fingerprint density at radius 3 is 2.93 bits per heavy atom. The zero-order valence-corrected chi connectivity index (χ0v) is 10.3. The van der Waals surface area contributed by atoms with Crippen molar-refractivity contribution in [3.63, 3.8) is 0 Å². The summed E-state index contributed by atoms with van der Waals surface area (Å²) >= 11 is 1.82. The van der Waals surface area contributed by atoms with E-state index >= 15 is 0 Å². The van der Waals surface area contributed by atoms with E-state index in [9.17, 15) is 0 Å². The van der Waals surface area contributed by atoms with Crippen LogP contribution in [0.15, 0.2) is 0 Å². The number of thioether (sulfide) groups is 1. The molecule has 1 rings (SSSR count). The number of nitrogens with one attached hydrogen (secondary N) is 1. The molecule has 1 fully saturated rings. The van der Waals surface area contributed by atoms with Crippen molar-refractivity contribution in [1.29, 1.82) is 5.26 Å². The fourth-order valence-electron chi connectivity index (χ4n) is 1.62. The van der Waals surface area contributed by atoms with Crippen molar-refractivity contribution in [3.8, 4) is 6.07 Å². The van der Waals surface area contributed by atoms with Gasteiger partial charge in [0.1, 0.15) is 6.04 Å². The SMILES string of the molecule is CC(C)NC(C#N)CSCC1CCCO1. The second-order valence-electron chi connectivity index (χ2n) is 4.18. The van der Waals surface area contributed by atoms with Crippen LogP contribution in [0.4, 0.5) is 0 Å². The number of nitrogens with zero attached hydrogens (tertiary/aromatic N) is 1. The summed E-state index contributed by atoms with van der Waals surface area (Å²) in [7, 11) is 0. The van der Waals surface area contributed by atoms with E-state index in [1.807, 2.05) is 11.8 Å². The summed E-state index contributed by atoms with van der Waals surface area (Å²) in [5.41, 5.74) is 0. The Bertz CT molecular complexity index is 209. The summed E-state index contributed by atoms with van der Waals surface area (Å²) in [4.78, 5) is 0. The van der Waals surface area contributed by atoms with E-state index in [4.69, 9.17) is 10.00 Å². The van der Waals surface area contributed by atoms with Crippen LogP contribution in [-0.4, -0.2) is 36.3 Å². The van der Waals surface area contributed by atoms with Gasteiger partial charge in [-0.3, -0.25) is 5.32 Å². The highest BCUT2D eigenvalue weighted by Crippen LogP contribution is 2.17. The molecular weight excluding hydrogens is 208 g/mol. The van der Waals surface area contributed by atoms with Crippen molar-refractivity contribution in [2.24, 2.45) is 0 Å². The fraction of sp³-hybridized carbons (Fsp3) is 0.909. The van der Waals surface area contributed by atoms with E-state index in [1.54, 1.807) is 0 Å². The minimum absolute atomic E-state index is 0.0311. The molecule has 1 aliphatic rings. The third-order valence-corrected chi connectivity index (χ3v) is 3.48. The molecule has 0 bridgehead atoms. The highest BCUT2D eigenvalue weighted by Gasteiger charge is 2.16. The minimum Gasteiger partial charge on any atom is -0.377 e. The van der Waals surface area contributed by atoms with Gasteiger partial charge in [0, 0.05) is 24.2 Å². The lowest BCUT2D eigenvalue weighted by molar-refractivity contribution is 0.129. The number of hydrogen-bond donors (Lipinski definition) is 1. The molecule has 0 aromatic heterocycles. The Morgan fingerprint density at radius 2 is 2.40 bits per heavy atom. The van der Waals surface area contributed by atoms with Gasteiger partial charge in [-0.15, -0.1) is 0 Å². The van der Waals surface area contributed by atoms with E-state index in [2.05, 4.69) is 25.2 Å². The molecule has 0 radical (unpaired) electrons. The van der Waals surface area contributed by atoms with Gasteiger partial charge in [-0.05, 0) is 26.7 Å². The van der Waals surface area contributed by atoms with Crippen molar-refractivity contribution < 1.29 is 4.74 Å². The largest absolute Gasteiger partial charge is 0.377 e. The van der Waals surface area contributed by atoms with E-state index in [1.165, 1.54) is 12.8 Å². The van der Waals surface area contributed by atoms with Crippen molar-refractivity contribution in [3.05, 3.63) is 0 Å². The topological polar surface area (TPSA) is 45.0 Å². The maximum atomic E-state index is 8.91. The summed E-state index contributed by atoms with van der Waals surface area (Å²) in [5.74, 6) is 1.88. The van der Waals surface area contributed by atoms with Crippen LogP contribution in [-0.2, 0) is 4.74 Å². The van der Waals surface area contributed by atoms with Crippen molar-refractivity contribution in [1.82, 2.24) is 5.32 Å². The zero-order valence-electron chi connectivity index (χ0n) is 9.53. The Labute approximate surface area is 96.6 Å². The normalized spacial score (nSPS) is 22.9. The molecule has 1 aliphatic heterocycles. The van der Waals surface area contributed by atoms with Crippen LogP contribution in [0.25, 0.3) is 0 Å². The van der Waals surface area contributed by atoms with E-state index in [-0.39, 0.29) is 6.04 Å². The first kappa shape index (κ1) is 12.8. The molecule has 0 saturated carbocycles. The highest BCUT2D eigenvalue weighted by molar-refractivity contribution is 7.99. The van der Waals surface area contributed by atoms with Crippen LogP contribution in [0, 0.1) is 11.3 Å². The fourth-order valence-corrected chi connectivity index (χ4v) is 2.69. The predicted molar refractivity (Wildman–Crippen MR) is 64.0 cm³/mol. The number of rotatable bonds is 6. The summed E-state index contributed by atoms with van der Waals surface area (Å²) in [6, 6.07) is 2.63. The molecule has 2 atom stereocenters. The van der Waals surface area contributed by atoms with Gasteiger partial charge in [0.25, 0.3) is 0 Å². The summed E-state index contributed by atoms with van der Waals surface area (Å²) in [6.07, 6.45) is 2.80. The molecule has 1 heterocycles. The van der Waals surface area contributed by atoms with Gasteiger partial charge in [0.15, 0.2) is 0 Å². The quantitative estimate of drug-likeness (QED) is 0.753. The second kappa shape index (κ2) is 7.10. The Kier molecular flexibility index (Phi) is 6.07. The monoisotopic (exact) mass is 228 g/mol. The van der Waals surface area contributed by atoms with Crippen LogP contribution < -0.4 is 5.32 Å². The average Bonchev–Trinajstić information content (AvgIpc) is 2.68. The lowest BCUT2D eigenvalue weighted by atomic mass is 10.3. The minimum atomic E-state index is -0.0311. The number of ether oxygens (including phenoxy) is 1. The molecule has 15 heavy (non-hydrogen) atoms. The molecule has 86 valence electrons. The summed E-state index contributed by atoms with van der Waals surface area (Å²) < 4.78 is 5.53. The number of nitriles is 1. The van der Waals surface area contributed by atoms with Crippen molar-refractivity contribution in [2.45, 2.75) is 44.9 Å². The Balaban J connectivity index is 2.08. The summed E-state index contributed by atoms with van der Waals surface area (Å²) in [5, 5.41) is 12.1. The first-order valence-corrected chi connectivity index (χ1v) is 6.73. The third-order valence-electron chi connectivity index (χ3n) is 2.30. The third kappa shape index (κ3) is 5.41. The molecular formula is C11H20N2OS. The Hall–Kier alpha value is -0.240.